The predicted molar refractivity (Wildman–Crippen MR) is 149 cm³/mol. The molecule has 0 saturated carbocycles. The van der Waals surface area contributed by atoms with Gasteiger partial charge in [-0.15, -0.1) is 0 Å². The molecule has 1 amide bonds. The summed E-state index contributed by atoms with van der Waals surface area (Å²) >= 11 is 0. The number of rotatable bonds is 10. The summed E-state index contributed by atoms with van der Waals surface area (Å²) in [7, 11) is 0. The van der Waals surface area contributed by atoms with E-state index in [9.17, 15) is 29.6 Å². The van der Waals surface area contributed by atoms with Crippen LogP contribution in [-0.2, 0) is 14.3 Å². The number of esters is 1. The standard InChI is InChI=1S/C30H29N3O7/c1-3-31(4-2)18-19-40-30(37)22-12-14-23(15-13-22)32-26(20-10-16-24(17-11-20)33(38)39)25(28(35)29(32)36)27(34)21-8-6-5-7-9-21/h5-17,26,34H,3-4,18-19H2,1-2H3/t26-/m0/s1. The van der Waals surface area contributed by atoms with Gasteiger partial charge < -0.3 is 14.7 Å². The van der Waals surface area contributed by atoms with Crippen LogP contribution in [0.4, 0.5) is 11.4 Å². The van der Waals surface area contributed by atoms with Gasteiger partial charge in [-0.1, -0.05) is 44.2 Å². The second kappa shape index (κ2) is 12.4. The maximum Gasteiger partial charge on any atom is 0.338 e. The molecular formula is C30H29N3O7. The number of aliphatic hydroxyl groups excluding tert-OH is 1. The number of aliphatic hydroxyl groups is 1. The van der Waals surface area contributed by atoms with Gasteiger partial charge in [-0.05, 0) is 55.1 Å². The normalized spacial score (nSPS) is 16.4. The smallest absolute Gasteiger partial charge is 0.338 e. The summed E-state index contributed by atoms with van der Waals surface area (Å²) in [5, 5.41) is 22.3. The molecule has 1 N–H and O–H groups in total. The second-order valence-electron chi connectivity index (χ2n) is 9.09. The van der Waals surface area contributed by atoms with Gasteiger partial charge in [0.2, 0.25) is 0 Å². The van der Waals surface area contributed by atoms with Crippen molar-refractivity contribution in [1.29, 1.82) is 0 Å². The molecule has 0 spiro atoms. The third-order valence-corrected chi connectivity index (χ3v) is 6.83. The van der Waals surface area contributed by atoms with Crippen LogP contribution in [0.1, 0.15) is 41.4 Å². The quantitative estimate of drug-likeness (QED) is 0.0971. The van der Waals surface area contributed by atoms with E-state index < -0.39 is 28.6 Å². The lowest BCUT2D eigenvalue weighted by Crippen LogP contribution is -2.29. The van der Waals surface area contributed by atoms with Gasteiger partial charge in [0, 0.05) is 29.9 Å². The fraction of sp³-hybridized carbons (Fsp3) is 0.233. The SMILES string of the molecule is CCN(CC)CCOC(=O)c1ccc(N2C(=O)C(=O)C(=C(O)c3ccccc3)[C@@H]2c2ccc([N+](=O)[O-])cc2)cc1. The number of ketones is 1. The van der Waals surface area contributed by atoms with Gasteiger partial charge in [0.15, 0.2) is 0 Å². The highest BCUT2D eigenvalue weighted by molar-refractivity contribution is 6.51. The first-order chi connectivity index (χ1) is 19.3. The van der Waals surface area contributed by atoms with Crippen LogP contribution >= 0.6 is 0 Å². The number of likely N-dealkylation sites (N-methyl/N-ethyl adjacent to an activating group) is 1. The van der Waals surface area contributed by atoms with Crippen molar-refractivity contribution in [2.45, 2.75) is 19.9 Å². The summed E-state index contributed by atoms with van der Waals surface area (Å²) in [6.07, 6.45) is 0. The van der Waals surface area contributed by atoms with E-state index in [0.29, 0.717) is 23.4 Å². The lowest BCUT2D eigenvalue weighted by Gasteiger charge is -2.25. The Morgan fingerprint density at radius 3 is 2.15 bits per heavy atom. The van der Waals surface area contributed by atoms with E-state index in [0.717, 1.165) is 13.1 Å². The van der Waals surface area contributed by atoms with E-state index in [1.165, 1.54) is 53.4 Å². The van der Waals surface area contributed by atoms with Crippen LogP contribution in [0.25, 0.3) is 5.76 Å². The Morgan fingerprint density at radius 1 is 0.950 bits per heavy atom. The molecular weight excluding hydrogens is 514 g/mol. The third kappa shape index (κ3) is 5.76. The van der Waals surface area contributed by atoms with Crippen molar-refractivity contribution in [2.24, 2.45) is 0 Å². The van der Waals surface area contributed by atoms with Crippen LogP contribution < -0.4 is 4.90 Å². The lowest BCUT2D eigenvalue weighted by atomic mass is 9.95. The Hall–Kier alpha value is -4.83. The molecule has 1 atom stereocenters. The van der Waals surface area contributed by atoms with Gasteiger partial charge in [-0.3, -0.25) is 24.6 Å². The van der Waals surface area contributed by atoms with Gasteiger partial charge in [-0.2, -0.15) is 0 Å². The highest BCUT2D eigenvalue weighted by Crippen LogP contribution is 2.42. The first kappa shape index (κ1) is 28.2. The summed E-state index contributed by atoms with van der Waals surface area (Å²) in [5.74, 6) is -2.66. The second-order valence-corrected chi connectivity index (χ2v) is 9.09. The lowest BCUT2D eigenvalue weighted by molar-refractivity contribution is -0.384. The third-order valence-electron chi connectivity index (χ3n) is 6.83. The Balaban J connectivity index is 1.69. The first-order valence-corrected chi connectivity index (χ1v) is 12.9. The average Bonchev–Trinajstić information content (AvgIpc) is 3.25. The number of amides is 1. The Morgan fingerprint density at radius 2 is 1.57 bits per heavy atom. The molecule has 1 saturated heterocycles. The van der Waals surface area contributed by atoms with Gasteiger partial charge in [0.05, 0.1) is 22.1 Å². The summed E-state index contributed by atoms with van der Waals surface area (Å²) in [6, 6.07) is 18.8. The number of carbonyl (C=O) groups excluding carboxylic acids is 3. The van der Waals surface area contributed by atoms with Crippen molar-refractivity contribution in [2.75, 3.05) is 31.1 Å². The molecule has 4 rings (SSSR count). The van der Waals surface area contributed by atoms with Crippen molar-refractivity contribution in [3.63, 3.8) is 0 Å². The van der Waals surface area contributed by atoms with Crippen molar-refractivity contribution in [3.05, 3.63) is 111 Å². The Labute approximate surface area is 231 Å². The van der Waals surface area contributed by atoms with Crippen LogP contribution in [0.3, 0.4) is 0 Å². The van der Waals surface area contributed by atoms with Crippen molar-refractivity contribution in [1.82, 2.24) is 4.90 Å². The van der Waals surface area contributed by atoms with E-state index in [1.54, 1.807) is 30.3 Å². The maximum absolute atomic E-state index is 13.3. The number of hydrogen-bond donors (Lipinski definition) is 1. The Kier molecular flexibility index (Phi) is 8.70. The molecule has 1 fully saturated rings. The highest BCUT2D eigenvalue weighted by Gasteiger charge is 2.47. The number of benzene rings is 3. The number of anilines is 1. The predicted octanol–water partition coefficient (Wildman–Crippen LogP) is 4.72. The summed E-state index contributed by atoms with van der Waals surface area (Å²) in [5.41, 5.74) is 1.00. The number of nitro groups is 1. The molecule has 0 radical (unpaired) electrons. The van der Waals surface area contributed by atoms with Gasteiger partial charge in [0.25, 0.3) is 17.4 Å². The zero-order chi connectivity index (χ0) is 28.8. The first-order valence-electron chi connectivity index (χ1n) is 12.9. The van der Waals surface area contributed by atoms with Crippen molar-refractivity contribution < 1.29 is 29.2 Å². The molecule has 3 aromatic rings. The molecule has 1 aliphatic heterocycles. The number of nitro benzene ring substituents is 1. The number of non-ortho nitro benzene ring substituents is 1. The van der Waals surface area contributed by atoms with E-state index in [-0.39, 0.29) is 29.2 Å². The minimum Gasteiger partial charge on any atom is -0.507 e. The topological polar surface area (TPSA) is 130 Å². The van der Waals surface area contributed by atoms with Crippen LogP contribution in [0.2, 0.25) is 0 Å². The number of carbonyl (C=O) groups is 3. The summed E-state index contributed by atoms with van der Waals surface area (Å²) in [4.78, 5) is 53.1. The van der Waals surface area contributed by atoms with Crippen LogP contribution in [-0.4, -0.2) is 58.8 Å². The number of hydrogen-bond acceptors (Lipinski definition) is 8. The van der Waals surface area contributed by atoms with Crippen LogP contribution in [0.5, 0.6) is 0 Å². The zero-order valence-electron chi connectivity index (χ0n) is 22.1. The van der Waals surface area contributed by atoms with E-state index >= 15 is 0 Å². The van der Waals surface area contributed by atoms with Crippen molar-refractivity contribution >= 4 is 34.8 Å². The summed E-state index contributed by atoms with van der Waals surface area (Å²) < 4.78 is 5.37. The molecule has 0 aromatic heterocycles. The molecule has 0 unspecified atom stereocenters. The molecule has 206 valence electrons. The molecule has 0 bridgehead atoms. The highest BCUT2D eigenvalue weighted by atomic mass is 16.6. The maximum atomic E-state index is 13.3. The molecule has 3 aromatic carbocycles. The summed E-state index contributed by atoms with van der Waals surface area (Å²) in [6.45, 7) is 6.58. The average molecular weight is 544 g/mol. The van der Waals surface area contributed by atoms with Crippen LogP contribution in [0, 0.1) is 10.1 Å². The fourth-order valence-electron chi connectivity index (χ4n) is 4.59. The fourth-order valence-corrected chi connectivity index (χ4v) is 4.59. The molecule has 40 heavy (non-hydrogen) atoms. The molecule has 1 heterocycles. The Bertz CT molecular complexity index is 1430. The zero-order valence-corrected chi connectivity index (χ0v) is 22.1. The molecule has 10 heteroatoms. The van der Waals surface area contributed by atoms with Crippen LogP contribution in [0.15, 0.2) is 84.4 Å². The largest absolute Gasteiger partial charge is 0.507 e. The van der Waals surface area contributed by atoms with Gasteiger partial charge >= 0.3 is 5.97 Å². The molecule has 1 aliphatic rings. The minimum atomic E-state index is -1.06. The number of Topliss-reactive ketones (excluding diaryl/α,β-unsaturated/α-hetero) is 1. The van der Waals surface area contributed by atoms with Crippen molar-refractivity contribution in [3.8, 4) is 0 Å². The number of nitrogens with zero attached hydrogens (tertiary/aromatic N) is 3. The van der Waals surface area contributed by atoms with Gasteiger partial charge in [-0.25, -0.2) is 4.79 Å². The van der Waals surface area contributed by atoms with Gasteiger partial charge in [0.1, 0.15) is 12.4 Å². The minimum absolute atomic E-state index is 0.148. The molecule has 0 aliphatic carbocycles. The monoisotopic (exact) mass is 543 g/mol. The molecule has 10 nitrogen and oxygen atoms in total. The van der Waals surface area contributed by atoms with E-state index in [1.807, 2.05) is 13.8 Å². The van der Waals surface area contributed by atoms with E-state index in [4.69, 9.17) is 4.74 Å². The number of ether oxygens (including phenoxy) is 1. The van der Waals surface area contributed by atoms with E-state index in [2.05, 4.69) is 4.90 Å².